The molecule has 0 radical (unpaired) electrons. The number of carboxylic acids is 1. The van der Waals surface area contributed by atoms with Gasteiger partial charge in [-0.1, -0.05) is 203 Å². The number of ether oxygens (including phenoxy) is 4. The third-order valence-corrected chi connectivity index (χ3v) is 12.0. The first-order valence-electron chi connectivity index (χ1n) is 27.9. The summed E-state index contributed by atoms with van der Waals surface area (Å²) >= 11 is 0. The second kappa shape index (κ2) is 50.4. The number of esters is 2. The highest BCUT2D eigenvalue weighted by Gasteiger charge is 2.22. The van der Waals surface area contributed by atoms with Crippen LogP contribution in [0.5, 0.6) is 0 Å². The number of unbranched alkanes of at least 4 members (excludes halogenated alkanes) is 26. The molecule has 2 atom stereocenters. The molecule has 68 heavy (non-hydrogen) atoms. The fraction of sp³-hybridized carbons (Fsp3) is 0.780. The van der Waals surface area contributed by atoms with E-state index in [-0.39, 0.29) is 38.6 Å². The molecule has 0 saturated carbocycles. The molecule has 0 aromatic carbocycles. The number of hydrogen-bond donors (Lipinski definition) is 0. The minimum absolute atomic E-state index is 0.143. The molecule has 394 valence electrons. The zero-order valence-corrected chi connectivity index (χ0v) is 44.7. The van der Waals surface area contributed by atoms with E-state index in [1.807, 2.05) is 21.1 Å². The van der Waals surface area contributed by atoms with Gasteiger partial charge in [-0.3, -0.25) is 9.59 Å². The first-order chi connectivity index (χ1) is 33.1. The first-order valence-corrected chi connectivity index (χ1v) is 27.9. The largest absolute Gasteiger partial charge is 0.545 e. The van der Waals surface area contributed by atoms with Crippen molar-refractivity contribution in [3.05, 3.63) is 60.8 Å². The van der Waals surface area contributed by atoms with Crippen LogP contribution in [-0.4, -0.2) is 82.3 Å². The number of quaternary nitrogens is 1. The van der Waals surface area contributed by atoms with E-state index in [9.17, 15) is 19.5 Å². The molecule has 9 nitrogen and oxygen atoms in total. The van der Waals surface area contributed by atoms with Crippen LogP contribution in [0.4, 0.5) is 0 Å². The number of allylic oxidation sites excluding steroid dienone is 10. The quantitative estimate of drug-likeness (QED) is 0.0195. The Morgan fingerprint density at radius 2 is 0.794 bits per heavy atom. The van der Waals surface area contributed by atoms with Gasteiger partial charge >= 0.3 is 11.9 Å². The van der Waals surface area contributed by atoms with Gasteiger partial charge in [0.2, 0.25) is 0 Å². The van der Waals surface area contributed by atoms with Crippen LogP contribution < -0.4 is 5.11 Å². The number of carbonyl (C=O) groups is 3. The highest BCUT2D eigenvalue weighted by atomic mass is 16.7. The van der Waals surface area contributed by atoms with E-state index in [1.165, 1.54) is 128 Å². The van der Waals surface area contributed by atoms with Gasteiger partial charge in [-0.25, -0.2) is 0 Å². The van der Waals surface area contributed by atoms with E-state index in [1.54, 1.807) is 0 Å². The molecule has 0 bridgehead atoms. The summed E-state index contributed by atoms with van der Waals surface area (Å²) in [6.07, 6.45) is 59.7. The Hall–Kier alpha value is -3.01. The van der Waals surface area contributed by atoms with Gasteiger partial charge < -0.3 is 33.3 Å². The van der Waals surface area contributed by atoms with Crippen molar-refractivity contribution in [2.75, 3.05) is 47.5 Å². The average molecular weight is 956 g/mol. The molecule has 0 aliphatic rings. The van der Waals surface area contributed by atoms with Crippen molar-refractivity contribution >= 4 is 17.9 Å². The number of carbonyl (C=O) groups excluding carboxylic acids is 3. The summed E-state index contributed by atoms with van der Waals surface area (Å²) in [4.78, 5) is 37.2. The number of aliphatic carboxylic acids is 1. The Morgan fingerprint density at radius 3 is 1.19 bits per heavy atom. The average Bonchev–Trinajstić information content (AvgIpc) is 3.30. The Labute approximate surface area is 418 Å². The maximum atomic E-state index is 12.8. The smallest absolute Gasteiger partial charge is 0.306 e. The first kappa shape index (κ1) is 65.0. The van der Waals surface area contributed by atoms with Crippen LogP contribution in [0.2, 0.25) is 0 Å². The number of carboxylic acid groups (broad SMARTS) is 1. The SMILES string of the molecule is CCCCCC/C=C\C/C=C\CCCCCCCC(=O)OCC(COC(OCC[N+](C)(C)C)C(=O)[O-])OC(=O)CCCCCCCCCCCCCC/C=C\C/C=C\C/C=C\CCCCCCC. The fourth-order valence-corrected chi connectivity index (χ4v) is 7.63. The van der Waals surface area contributed by atoms with Crippen molar-refractivity contribution in [3.8, 4) is 0 Å². The predicted molar refractivity (Wildman–Crippen MR) is 283 cm³/mol. The molecule has 0 rings (SSSR count). The molecule has 9 heteroatoms. The number of nitrogens with zero attached hydrogens (tertiary/aromatic N) is 1. The summed E-state index contributed by atoms with van der Waals surface area (Å²) in [5.41, 5.74) is 0. The van der Waals surface area contributed by atoms with Gasteiger partial charge in [-0.05, 0) is 83.5 Å². The molecule has 2 unspecified atom stereocenters. The monoisotopic (exact) mass is 956 g/mol. The van der Waals surface area contributed by atoms with Crippen molar-refractivity contribution in [2.24, 2.45) is 0 Å². The summed E-state index contributed by atoms with van der Waals surface area (Å²) in [7, 11) is 5.91. The molecule has 0 aromatic rings. The number of rotatable bonds is 51. The molecule has 0 spiro atoms. The van der Waals surface area contributed by atoms with Gasteiger partial charge in [0.15, 0.2) is 12.4 Å². The third-order valence-electron chi connectivity index (χ3n) is 12.0. The fourth-order valence-electron chi connectivity index (χ4n) is 7.63. The van der Waals surface area contributed by atoms with Crippen molar-refractivity contribution in [1.29, 1.82) is 0 Å². The summed E-state index contributed by atoms with van der Waals surface area (Å²) in [5.74, 6) is -2.30. The van der Waals surface area contributed by atoms with Crippen molar-refractivity contribution in [1.82, 2.24) is 0 Å². The molecule has 0 aliphatic heterocycles. The Bertz CT molecular complexity index is 1300. The van der Waals surface area contributed by atoms with Crippen LogP contribution in [0.3, 0.4) is 0 Å². The van der Waals surface area contributed by atoms with E-state index in [0.717, 1.165) is 77.0 Å². The summed E-state index contributed by atoms with van der Waals surface area (Å²) < 4.78 is 22.7. The van der Waals surface area contributed by atoms with Gasteiger partial charge in [0.25, 0.3) is 0 Å². The van der Waals surface area contributed by atoms with Gasteiger partial charge in [-0.15, -0.1) is 0 Å². The van der Waals surface area contributed by atoms with Gasteiger partial charge in [0.1, 0.15) is 13.2 Å². The van der Waals surface area contributed by atoms with Crippen LogP contribution in [-0.2, 0) is 33.3 Å². The van der Waals surface area contributed by atoms with E-state index in [0.29, 0.717) is 17.4 Å². The maximum Gasteiger partial charge on any atom is 0.306 e. The summed E-state index contributed by atoms with van der Waals surface area (Å²) in [6, 6.07) is 0. The topological polar surface area (TPSA) is 111 Å². The summed E-state index contributed by atoms with van der Waals surface area (Å²) in [5, 5.41) is 11.8. The lowest BCUT2D eigenvalue weighted by molar-refractivity contribution is -0.870. The lowest BCUT2D eigenvalue weighted by atomic mass is 10.0. The molecule has 0 fully saturated rings. The van der Waals surface area contributed by atoms with Crippen LogP contribution in [0.1, 0.15) is 239 Å². The van der Waals surface area contributed by atoms with Crippen molar-refractivity contribution < 1.29 is 42.9 Å². The maximum absolute atomic E-state index is 12.8. The van der Waals surface area contributed by atoms with E-state index >= 15 is 0 Å². The lowest BCUT2D eigenvalue weighted by Gasteiger charge is -2.26. The van der Waals surface area contributed by atoms with Crippen LogP contribution in [0, 0.1) is 0 Å². The van der Waals surface area contributed by atoms with E-state index < -0.39 is 24.3 Å². The van der Waals surface area contributed by atoms with Gasteiger partial charge in [-0.2, -0.15) is 0 Å². The highest BCUT2D eigenvalue weighted by molar-refractivity contribution is 5.70. The second-order valence-corrected chi connectivity index (χ2v) is 19.9. The molecular weight excluding hydrogens is 851 g/mol. The minimum Gasteiger partial charge on any atom is -0.545 e. The third kappa shape index (κ3) is 50.9. The summed E-state index contributed by atoms with van der Waals surface area (Å²) in [6.45, 7) is 4.71. The Balaban J connectivity index is 4.26. The van der Waals surface area contributed by atoms with Crippen molar-refractivity contribution in [3.63, 3.8) is 0 Å². The number of likely N-dealkylation sites (N-methyl/N-ethyl adjacent to an activating group) is 1. The van der Waals surface area contributed by atoms with Crippen molar-refractivity contribution in [2.45, 2.75) is 251 Å². The Morgan fingerprint density at radius 1 is 0.441 bits per heavy atom. The molecular formula is C59H105NO8. The molecule has 0 aromatic heterocycles. The van der Waals surface area contributed by atoms with E-state index in [4.69, 9.17) is 18.9 Å². The second-order valence-electron chi connectivity index (χ2n) is 19.9. The van der Waals surface area contributed by atoms with Crippen LogP contribution in [0.25, 0.3) is 0 Å². The molecule has 0 aliphatic carbocycles. The molecule has 0 amide bonds. The van der Waals surface area contributed by atoms with Crippen LogP contribution >= 0.6 is 0 Å². The minimum atomic E-state index is -1.63. The van der Waals surface area contributed by atoms with E-state index in [2.05, 4.69) is 74.6 Å². The van der Waals surface area contributed by atoms with Gasteiger partial charge in [0.05, 0.1) is 40.3 Å². The van der Waals surface area contributed by atoms with Crippen LogP contribution in [0.15, 0.2) is 60.8 Å². The zero-order valence-electron chi connectivity index (χ0n) is 44.7. The molecule has 0 N–H and O–H groups in total. The lowest BCUT2D eigenvalue weighted by Crippen LogP contribution is -2.44. The highest BCUT2D eigenvalue weighted by Crippen LogP contribution is 2.15. The predicted octanol–water partition coefficient (Wildman–Crippen LogP) is 14.7. The standard InChI is InChI=1S/C59H105NO8/c1-6-8-10-12-14-16-18-20-22-24-25-26-27-28-29-30-31-32-33-34-36-38-40-42-44-46-48-50-57(62)68-55(54-67-59(58(63)64)65-52-51-60(3,4)5)53-66-56(61)49-47-45-43-41-39-37-35-23-21-19-17-15-13-11-9-7-2/h17-20,23-25,27-28,35,55,59H,6-16,21-22,26,29-34,36-54H2,1-5H3/b19-17-,20-18-,25-24-,28-27-,35-23-. The molecule has 0 heterocycles. The molecule has 0 saturated heterocycles. The Kier molecular flexibility index (Phi) is 48.2. The normalized spacial score (nSPS) is 13.2. The van der Waals surface area contributed by atoms with Gasteiger partial charge in [0, 0.05) is 12.8 Å². The zero-order chi connectivity index (χ0) is 49.9. The number of hydrogen-bond acceptors (Lipinski definition) is 8.